The van der Waals surface area contributed by atoms with E-state index < -0.39 is 0 Å². The molecule has 0 aliphatic carbocycles. The Hall–Kier alpha value is -4.69. The van der Waals surface area contributed by atoms with Crippen molar-refractivity contribution in [2.24, 2.45) is 10.8 Å². The number of anilines is 2. The molecule has 0 spiro atoms. The first-order chi connectivity index (χ1) is 19.5. The Morgan fingerprint density at radius 2 is 1.95 bits per heavy atom. The van der Waals surface area contributed by atoms with Crippen molar-refractivity contribution in [1.29, 1.82) is 0 Å². The number of nitrogens with zero attached hydrogens (tertiary/aromatic N) is 9. The van der Waals surface area contributed by atoms with Gasteiger partial charge in [0.15, 0.2) is 11.6 Å². The number of aryl methyl sites for hydroxylation is 1. The van der Waals surface area contributed by atoms with Gasteiger partial charge in [-0.05, 0) is 37.3 Å². The summed E-state index contributed by atoms with van der Waals surface area (Å²) in [5.41, 5.74) is 2.99. The number of aliphatic imine (C=N–C) groups is 1. The molecule has 4 aromatic heterocycles. The lowest BCUT2D eigenvalue weighted by Gasteiger charge is -2.36. The van der Waals surface area contributed by atoms with Crippen molar-refractivity contribution in [2.45, 2.75) is 26.6 Å². The number of nitrogens with two attached hydrogens (primary N) is 1. The van der Waals surface area contributed by atoms with Crippen LogP contribution in [0, 0.1) is 6.92 Å². The molecule has 6 heterocycles. The number of benzene rings is 1. The van der Waals surface area contributed by atoms with E-state index in [1.165, 1.54) is 5.01 Å². The molecule has 0 saturated carbocycles. The van der Waals surface area contributed by atoms with Crippen LogP contribution in [0.25, 0.3) is 17.2 Å². The van der Waals surface area contributed by atoms with Gasteiger partial charge in [-0.2, -0.15) is 4.98 Å². The van der Waals surface area contributed by atoms with E-state index in [-0.39, 0.29) is 11.9 Å². The Kier molecular flexibility index (Phi) is 5.78. The molecule has 1 unspecified atom stereocenters. The Bertz CT molecular complexity index is 1750. The smallest absolute Gasteiger partial charge is 0.343 e. The maximum atomic E-state index is 13.0. The summed E-state index contributed by atoms with van der Waals surface area (Å²) in [5.74, 6) is 9.00. The number of nitrogens with one attached hydrogen (secondary N) is 1. The fourth-order valence-corrected chi connectivity index (χ4v) is 5.33. The van der Waals surface area contributed by atoms with Gasteiger partial charge in [0, 0.05) is 57.4 Å². The number of rotatable bonds is 6. The molecule has 14 heteroatoms. The van der Waals surface area contributed by atoms with E-state index in [1.807, 2.05) is 25.1 Å². The molecule has 2 aliphatic rings. The van der Waals surface area contributed by atoms with Crippen molar-refractivity contribution in [1.82, 2.24) is 34.3 Å². The maximum absolute atomic E-state index is 13.0. The average Bonchev–Trinajstić information content (AvgIpc) is 3.76. The number of hydrazine groups is 1. The summed E-state index contributed by atoms with van der Waals surface area (Å²) in [6.45, 7) is 8.33. The molecule has 206 valence electrons. The summed E-state index contributed by atoms with van der Waals surface area (Å²) < 4.78 is 14.5. The monoisotopic (exact) mass is 543 g/mol. The molecule has 0 radical (unpaired) electrons. The van der Waals surface area contributed by atoms with Crippen LogP contribution >= 0.6 is 0 Å². The summed E-state index contributed by atoms with van der Waals surface area (Å²) in [6.07, 6.45) is 1.26. The van der Waals surface area contributed by atoms with E-state index in [0.717, 1.165) is 37.4 Å². The second-order valence-corrected chi connectivity index (χ2v) is 9.99. The van der Waals surface area contributed by atoms with E-state index in [9.17, 15) is 4.79 Å². The van der Waals surface area contributed by atoms with E-state index in [4.69, 9.17) is 24.7 Å². The van der Waals surface area contributed by atoms with Gasteiger partial charge >= 0.3 is 5.69 Å². The highest BCUT2D eigenvalue weighted by Gasteiger charge is 2.33. The number of aromatic nitrogens is 6. The molecule has 1 atom stereocenters. The van der Waals surface area contributed by atoms with Crippen molar-refractivity contribution in [3.05, 3.63) is 70.5 Å². The lowest BCUT2D eigenvalue weighted by molar-refractivity contribution is 0.248. The third kappa shape index (κ3) is 4.08. The van der Waals surface area contributed by atoms with Gasteiger partial charge in [0.25, 0.3) is 0 Å². The van der Waals surface area contributed by atoms with Crippen molar-refractivity contribution in [3.63, 3.8) is 0 Å². The second kappa shape index (κ2) is 9.50. The second-order valence-electron chi connectivity index (χ2n) is 9.99. The minimum Gasteiger partial charge on any atom is -0.463 e. The highest BCUT2D eigenvalue weighted by molar-refractivity contribution is 6.14. The molecule has 1 saturated heterocycles. The van der Waals surface area contributed by atoms with Crippen molar-refractivity contribution < 1.29 is 8.83 Å². The number of imidazole rings is 1. The Morgan fingerprint density at radius 1 is 1.10 bits per heavy atom. The highest BCUT2D eigenvalue weighted by atomic mass is 16.4. The van der Waals surface area contributed by atoms with Crippen LogP contribution in [0.15, 0.2) is 61.3 Å². The van der Waals surface area contributed by atoms with Gasteiger partial charge in [-0.15, -0.1) is 10.2 Å². The van der Waals surface area contributed by atoms with E-state index in [0.29, 0.717) is 53.6 Å². The van der Waals surface area contributed by atoms with Crippen LogP contribution in [0.1, 0.15) is 24.3 Å². The number of hydrogen-bond donors (Lipinski definition) is 2. The van der Waals surface area contributed by atoms with Gasteiger partial charge in [-0.3, -0.25) is 19.5 Å². The van der Waals surface area contributed by atoms with E-state index in [2.05, 4.69) is 37.2 Å². The number of fused-ring (bicyclic) bond motifs is 3. The molecule has 14 nitrogen and oxygen atoms in total. The minimum absolute atomic E-state index is 0.238. The Labute approximate surface area is 228 Å². The third-order valence-electron chi connectivity index (χ3n) is 7.47. The lowest BCUT2D eigenvalue weighted by Crippen LogP contribution is -2.47. The number of H-pyrrole nitrogens is 1. The summed E-state index contributed by atoms with van der Waals surface area (Å²) in [5, 5.41) is 12.5. The first-order valence-corrected chi connectivity index (χ1v) is 13.2. The summed E-state index contributed by atoms with van der Waals surface area (Å²) in [4.78, 5) is 27.1. The molecule has 7 rings (SSSR count). The van der Waals surface area contributed by atoms with Crippen LogP contribution in [-0.2, 0) is 6.54 Å². The highest BCUT2D eigenvalue weighted by Crippen LogP contribution is 2.29. The van der Waals surface area contributed by atoms with Gasteiger partial charge in [-0.25, -0.2) is 20.3 Å². The van der Waals surface area contributed by atoms with Crippen LogP contribution in [0.4, 0.5) is 11.5 Å². The number of furan rings is 1. The minimum atomic E-state index is -0.333. The molecule has 0 bridgehead atoms. The first kappa shape index (κ1) is 24.4. The zero-order chi connectivity index (χ0) is 27.4. The molecular formula is C26H29N11O3. The normalized spacial score (nSPS) is 18.0. The van der Waals surface area contributed by atoms with Gasteiger partial charge in [0.1, 0.15) is 17.6 Å². The van der Waals surface area contributed by atoms with Crippen LogP contribution in [0.5, 0.6) is 0 Å². The molecule has 2 aliphatic heterocycles. The number of hydrogen-bond acceptors (Lipinski definition) is 11. The Balaban J connectivity index is 1.06. The molecule has 5 aromatic rings. The van der Waals surface area contributed by atoms with Gasteiger partial charge in [0.2, 0.25) is 17.6 Å². The standard InChI is InChI=1S/C26H29N11O3/c1-16-28-21(20-7-4-14-39-20)22-23(36(16)27)29-25-35(26(38)32-37(22)25)13-10-33-8-11-34(12-9-33)19-6-3-5-18(15-19)24-31-30-17(2)40-24/h3-7,14-16H,8-13,27H2,1-2H3,(H,32,38). The van der Waals surface area contributed by atoms with Gasteiger partial charge in [0.05, 0.1) is 6.26 Å². The quantitative estimate of drug-likeness (QED) is 0.301. The van der Waals surface area contributed by atoms with Crippen LogP contribution in [0.3, 0.4) is 0 Å². The first-order valence-electron chi connectivity index (χ1n) is 13.2. The molecule has 1 fully saturated rings. The van der Waals surface area contributed by atoms with Gasteiger partial charge in [-0.1, -0.05) is 6.07 Å². The van der Waals surface area contributed by atoms with Crippen LogP contribution in [0.2, 0.25) is 0 Å². The third-order valence-corrected chi connectivity index (χ3v) is 7.47. The Morgan fingerprint density at radius 3 is 2.70 bits per heavy atom. The summed E-state index contributed by atoms with van der Waals surface area (Å²) in [7, 11) is 0. The SMILES string of the molecule is Cc1nnc(-c2cccc(N3CCN(CCn4c(=O)[nH]n5c6c(nc45)N(N)C(C)N=C6c4ccco4)CC3)c2)o1. The fourth-order valence-electron chi connectivity index (χ4n) is 5.33. The van der Waals surface area contributed by atoms with Crippen molar-refractivity contribution in [3.8, 4) is 11.5 Å². The number of aromatic amines is 1. The molecular weight excluding hydrogens is 514 g/mol. The predicted octanol–water partition coefficient (Wildman–Crippen LogP) is 1.47. The van der Waals surface area contributed by atoms with E-state index >= 15 is 0 Å². The summed E-state index contributed by atoms with van der Waals surface area (Å²) >= 11 is 0. The van der Waals surface area contributed by atoms with Crippen LogP contribution in [-0.4, -0.2) is 78.9 Å². The zero-order valence-corrected chi connectivity index (χ0v) is 22.2. The topological polar surface area (TPSA) is 155 Å². The van der Waals surface area contributed by atoms with Crippen LogP contribution < -0.4 is 21.4 Å². The van der Waals surface area contributed by atoms with E-state index in [1.54, 1.807) is 28.3 Å². The molecule has 0 amide bonds. The average molecular weight is 544 g/mol. The molecule has 1 aromatic carbocycles. The number of piperazine rings is 1. The summed E-state index contributed by atoms with van der Waals surface area (Å²) in [6, 6.07) is 11.8. The largest absolute Gasteiger partial charge is 0.463 e. The zero-order valence-electron chi connectivity index (χ0n) is 22.2. The maximum Gasteiger partial charge on any atom is 0.343 e. The van der Waals surface area contributed by atoms with Crippen molar-refractivity contribution >= 4 is 23.0 Å². The predicted molar refractivity (Wildman–Crippen MR) is 147 cm³/mol. The molecule has 40 heavy (non-hydrogen) atoms. The lowest BCUT2D eigenvalue weighted by atomic mass is 10.1. The van der Waals surface area contributed by atoms with Gasteiger partial charge < -0.3 is 13.7 Å². The fraction of sp³-hybridized carbons (Fsp3) is 0.346. The van der Waals surface area contributed by atoms with Crippen molar-refractivity contribution in [2.75, 3.05) is 42.6 Å². The molecule has 3 N–H and O–H groups in total.